The van der Waals surface area contributed by atoms with E-state index < -0.39 is 17.8 Å². The Balaban J connectivity index is 1.48. The molecule has 0 atom stereocenters. The Morgan fingerprint density at radius 1 is 0.971 bits per heavy atom. The first-order valence-corrected chi connectivity index (χ1v) is 12.1. The molecule has 0 fully saturated rings. The maximum atomic E-state index is 13.0. The van der Waals surface area contributed by atoms with Crippen LogP contribution in [0.25, 0.3) is 0 Å². The molecule has 0 unspecified atom stereocenters. The lowest BCUT2D eigenvalue weighted by Crippen LogP contribution is -2.32. The fourth-order valence-corrected chi connectivity index (χ4v) is 4.67. The van der Waals surface area contributed by atoms with Crippen LogP contribution in [0.4, 0.5) is 11.4 Å². The van der Waals surface area contributed by atoms with Gasteiger partial charge in [-0.15, -0.1) is 0 Å². The van der Waals surface area contributed by atoms with Crippen molar-refractivity contribution in [2.45, 2.75) is 27.2 Å². The lowest BCUT2D eigenvalue weighted by molar-refractivity contribution is -0.120. The number of hydrogen-bond acceptors (Lipinski definition) is 5. The number of carbonyl (C=O) groups is 3. The highest BCUT2D eigenvalue weighted by molar-refractivity contribution is 9.10. The van der Waals surface area contributed by atoms with Crippen LogP contribution < -0.4 is 15.0 Å². The fourth-order valence-electron chi connectivity index (χ4n) is 3.77. The van der Waals surface area contributed by atoms with Gasteiger partial charge in [-0.25, -0.2) is 9.69 Å². The zero-order valence-electron chi connectivity index (χ0n) is 19.3. The van der Waals surface area contributed by atoms with E-state index in [-0.39, 0.29) is 10.7 Å². The molecule has 3 aromatic rings. The number of halogens is 2. The van der Waals surface area contributed by atoms with Gasteiger partial charge in [0.2, 0.25) is 0 Å². The summed E-state index contributed by atoms with van der Waals surface area (Å²) in [7, 11) is 0. The second kappa shape index (κ2) is 10.1. The van der Waals surface area contributed by atoms with Crippen molar-refractivity contribution in [2.24, 2.45) is 0 Å². The smallest absolute Gasteiger partial charge is 0.343 e. The number of benzene rings is 3. The number of rotatable bonds is 6. The van der Waals surface area contributed by atoms with Crippen LogP contribution in [0.3, 0.4) is 0 Å². The number of amides is 2. The molecule has 1 N–H and O–H groups in total. The number of hydrogen-bond donors (Lipinski definition) is 1. The van der Waals surface area contributed by atoms with E-state index in [2.05, 4.69) is 21.2 Å². The van der Waals surface area contributed by atoms with Crippen molar-refractivity contribution in [2.75, 3.05) is 10.2 Å². The summed E-state index contributed by atoms with van der Waals surface area (Å²) in [5.41, 5.74) is 4.02. The van der Waals surface area contributed by atoms with E-state index in [9.17, 15) is 14.4 Å². The van der Waals surface area contributed by atoms with Crippen molar-refractivity contribution >= 4 is 56.7 Å². The molecule has 1 heterocycles. The first kappa shape index (κ1) is 24.7. The third-order valence-electron chi connectivity index (χ3n) is 5.64. The molecule has 8 heteroatoms. The molecule has 3 aromatic carbocycles. The molecule has 0 aliphatic carbocycles. The van der Waals surface area contributed by atoms with E-state index in [1.165, 1.54) is 0 Å². The Bertz CT molecular complexity index is 1340. The normalized spacial score (nSPS) is 13.5. The van der Waals surface area contributed by atoms with Crippen molar-refractivity contribution in [3.63, 3.8) is 0 Å². The van der Waals surface area contributed by atoms with Crippen LogP contribution in [0.1, 0.15) is 34.0 Å². The molecule has 35 heavy (non-hydrogen) atoms. The summed E-state index contributed by atoms with van der Waals surface area (Å²) in [6.07, 6.45) is 0.847. The van der Waals surface area contributed by atoms with Crippen molar-refractivity contribution in [1.29, 1.82) is 0 Å². The largest absolute Gasteiger partial charge is 0.422 e. The van der Waals surface area contributed by atoms with Gasteiger partial charge < -0.3 is 10.1 Å². The van der Waals surface area contributed by atoms with E-state index in [1.54, 1.807) is 36.4 Å². The number of ether oxygens (including phenoxy) is 1. The van der Waals surface area contributed by atoms with Crippen LogP contribution in [0.5, 0.6) is 5.75 Å². The highest BCUT2D eigenvalue weighted by atomic mass is 79.9. The molecule has 178 valence electrons. The highest BCUT2D eigenvalue weighted by Gasteiger charge is 2.38. The molecule has 0 saturated carbocycles. The van der Waals surface area contributed by atoms with Gasteiger partial charge in [-0.05, 0) is 85.5 Å². The highest BCUT2D eigenvalue weighted by Crippen LogP contribution is 2.31. The lowest BCUT2D eigenvalue weighted by Gasteiger charge is -2.15. The van der Waals surface area contributed by atoms with E-state index in [4.69, 9.17) is 16.3 Å². The Kier molecular flexibility index (Phi) is 7.10. The van der Waals surface area contributed by atoms with E-state index in [0.717, 1.165) is 32.5 Å². The predicted octanol–water partition coefficient (Wildman–Crippen LogP) is 6.28. The SMILES string of the molecule is CCc1ccc(N2C(=O)C(Cl)=C(Nc3ccc(C(=O)Oc4c(C)cc(Br)cc4C)cc3)C2=O)cc1. The number of imide groups is 1. The summed E-state index contributed by atoms with van der Waals surface area (Å²) >= 11 is 9.65. The Hall–Kier alpha value is -3.42. The molecule has 0 aromatic heterocycles. The van der Waals surface area contributed by atoms with Crippen molar-refractivity contribution in [3.05, 3.63) is 98.1 Å². The number of anilines is 2. The molecule has 0 spiro atoms. The fraction of sp³-hybridized carbons (Fsp3) is 0.148. The zero-order chi connectivity index (χ0) is 25.3. The molecule has 0 radical (unpaired) electrons. The second-order valence-corrected chi connectivity index (χ2v) is 9.41. The van der Waals surface area contributed by atoms with Gasteiger partial charge in [0.25, 0.3) is 11.8 Å². The molecule has 1 aliphatic rings. The first-order chi connectivity index (χ1) is 16.7. The Morgan fingerprint density at radius 2 is 1.57 bits per heavy atom. The van der Waals surface area contributed by atoms with Crippen molar-refractivity contribution in [3.8, 4) is 5.75 Å². The van der Waals surface area contributed by atoms with Gasteiger partial charge in [0.15, 0.2) is 0 Å². The second-order valence-electron chi connectivity index (χ2n) is 8.12. The molecular formula is C27H22BrClN2O4. The van der Waals surface area contributed by atoms with Crippen LogP contribution in [0.2, 0.25) is 0 Å². The quantitative estimate of drug-likeness (QED) is 0.221. The van der Waals surface area contributed by atoms with Crippen molar-refractivity contribution in [1.82, 2.24) is 0 Å². The van der Waals surface area contributed by atoms with Gasteiger partial charge in [-0.1, -0.05) is 46.6 Å². The van der Waals surface area contributed by atoms with Gasteiger partial charge in [-0.3, -0.25) is 9.59 Å². The van der Waals surface area contributed by atoms with Crippen LogP contribution >= 0.6 is 27.5 Å². The maximum absolute atomic E-state index is 13.0. The van der Waals surface area contributed by atoms with Crippen LogP contribution in [0.15, 0.2) is 75.9 Å². The molecular weight excluding hydrogens is 532 g/mol. The summed E-state index contributed by atoms with van der Waals surface area (Å²) in [5, 5.41) is 2.72. The van der Waals surface area contributed by atoms with Gasteiger partial charge in [-0.2, -0.15) is 0 Å². The molecule has 0 saturated heterocycles. The Morgan fingerprint density at radius 3 is 2.14 bits per heavy atom. The van der Waals surface area contributed by atoms with Gasteiger partial charge in [0, 0.05) is 10.2 Å². The van der Waals surface area contributed by atoms with Gasteiger partial charge in [0.05, 0.1) is 11.3 Å². The minimum absolute atomic E-state index is 0.0207. The zero-order valence-corrected chi connectivity index (χ0v) is 21.7. The number of nitrogens with one attached hydrogen (secondary N) is 1. The van der Waals surface area contributed by atoms with Crippen LogP contribution in [-0.4, -0.2) is 17.8 Å². The molecule has 4 rings (SSSR count). The number of aryl methyl sites for hydroxylation is 3. The lowest BCUT2D eigenvalue weighted by atomic mass is 10.1. The average molecular weight is 554 g/mol. The minimum atomic E-state index is -0.594. The number of carbonyl (C=O) groups excluding carboxylic acids is 3. The molecule has 0 bridgehead atoms. The van der Waals surface area contributed by atoms with Crippen molar-refractivity contribution < 1.29 is 19.1 Å². The third kappa shape index (κ3) is 5.01. The summed E-state index contributed by atoms with van der Waals surface area (Å²) in [5.74, 6) is -1.13. The minimum Gasteiger partial charge on any atom is -0.422 e. The van der Waals surface area contributed by atoms with Crippen LogP contribution in [-0.2, 0) is 16.0 Å². The van der Waals surface area contributed by atoms with E-state index in [0.29, 0.717) is 22.7 Å². The Labute approximate surface area is 216 Å². The average Bonchev–Trinajstić information content (AvgIpc) is 3.04. The summed E-state index contributed by atoms with van der Waals surface area (Å²) in [4.78, 5) is 39.4. The summed E-state index contributed by atoms with van der Waals surface area (Å²) in [6.45, 7) is 5.76. The van der Waals surface area contributed by atoms with Crippen LogP contribution in [0, 0.1) is 13.8 Å². The van der Waals surface area contributed by atoms with E-state index >= 15 is 0 Å². The predicted molar refractivity (Wildman–Crippen MR) is 140 cm³/mol. The van der Waals surface area contributed by atoms with Gasteiger partial charge >= 0.3 is 5.97 Å². The number of esters is 1. The molecule has 6 nitrogen and oxygen atoms in total. The molecule has 1 aliphatic heterocycles. The third-order valence-corrected chi connectivity index (χ3v) is 6.45. The monoisotopic (exact) mass is 552 g/mol. The first-order valence-electron chi connectivity index (χ1n) is 10.9. The van der Waals surface area contributed by atoms with E-state index in [1.807, 2.05) is 45.0 Å². The summed E-state index contributed by atoms with van der Waals surface area (Å²) < 4.78 is 6.51. The maximum Gasteiger partial charge on any atom is 0.343 e. The molecule has 2 amide bonds. The van der Waals surface area contributed by atoms with Gasteiger partial charge in [0.1, 0.15) is 16.5 Å². The topological polar surface area (TPSA) is 75.7 Å². The standard InChI is InChI=1S/C27H22BrClN2O4/c1-4-17-5-11-21(12-6-17)31-25(32)22(29)23(26(31)33)30-20-9-7-18(8-10-20)27(34)35-24-15(2)13-19(28)14-16(24)3/h5-14,30H,4H2,1-3H3. The number of nitrogens with zero attached hydrogens (tertiary/aromatic N) is 1. The summed E-state index contributed by atoms with van der Waals surface area (Å²) in [6, 6.07) is 17.3.